The molecule has 1 aliphatic rings. The van der Waals surface area contributed by atoms with Crippen molar-refractivity contribution in [1.29, 1.82) is 0 Å². The molecule has 3 amide bonds. The SMILES string of the molecule is CCC(=O)N1CCc2cc(C(=O)NNC(=O)c3cc(Br)c[nH]3)ccc21. The van der Waals surface area contributed by atoms with Crippen LogP contribution in [0.5, 0.6) is 0 Å². The highest BCUT2D eigenvalue weighted by Crippen LogP contribution is 2.29. The number of fused-ring (bicyclic) bond motifs is 1. The van der Waals surface area contributed by atoms with Gasteiger partial charge in [-0.05, 0) is 52.2 Å². The van der Waals surface area contributed by atoms with Crippen LogP contribution in [0.1, 0.15) is 39.8 Å². The summed E-state index contributed by atoms with van der Waals surface area (Å²) in [7, 11) is 0. The van der Waals surface area contributed by atoms with E-state index in [1.165, 1.54) is 0 Å². The molecule has 0 saturated carbocycles. The van der Waals surface area contributed by atoms with Crippen LogP contribution in [0.25, 0.3) is 0 Å². The topological polar surface area (TPSA) is 94.3 Å². The molecule has 0 radical (unpaired) electrons. The molecule has 2 aromatic rings. The predicted molar refractivity (Wildman–Crippen MR) is 96.2 cm³/mol. The number of amides is 3. The first-order chi connectivity index (χ1) is 12.0. The van der Waals surface area contributed by atoms with Crippen LogP contribution in [0.4, 0.5) is 5.69 Å². The highest BCUT2D eigenvalue weighted by molar-refractivity contribution is 9.10. The third-order valence-corrected chi connectivity index (χ3v) is 4.48. The minimum atomic E-state index is -0.445. The number of aromatic amines is 1. The maximum absolute atomic E-state index is 12.2. The van der Waals surface area contributed by atoms with Crippen LogP contribution >= 0.6 is 15.9 Å². The average molecular weight is 405 g/mol. The Morgan fingerprint density at radius 3 is 2.64 bits per heavy atom. The zero-order valence-corrected chi connectivity index (χ0v) is 15.1. The van der Waals surface area contributed by atoms with E-state index in [2.05, 4.69) is 31.8 Å². The summed E-state index contributed by atoms with van der Waals surface area (Å²) in [4.78, 5) is 40.6. The number of carbonyl (C=O) groups excluding carboxylic acids is 3. The molecule has 7 nitrogen and oxygen atoms in total. The molecule has 1 aromatic heterocycles. The van der Waals surface area contributed by atoms with E-state index in [9.17, 15) is 14.4 Å². The molecule has 1 aromatic carbocycles. The predicted octanol–water partition coefficient (Wildman–Crippen LogP) is 2.15. The lowest BCUT2D eigenvalue weighted by atomic mass is 10.1. The lowest BCUT2D eigenvalue weighted by Crippen LogP contribution is -2.41. The van der Waals surface area contributed by atoms with Gasteiger partial charge < -0.3 is 9.88 Å². The Morgan fingerprint density at radius 1 is 1.20 bits per heavy atom. The van der Waals surface area contributed by atoms with Crippen LogP contribution in [0, 0.1) is 0 Å². The third-order valence-electron chi connectivity index (χ3n) is 4.02. The first-order valence-corrected chi connectivity index (χ1v) is 8.66. The first kappa shape index (κ1) is 17.2. The molecule has 0 unspecified atom stereocenters. The summed E-state index contributed by atoms with van der Waals surface area (Å²) in [5, 5.41) is 0. The van der Waals surface area contributed by atoms with Gasteiger partial charge in [0.2, 0.25) is 5.91 Å². The minimum Gasteiger partial charge on any atom is -0.356 e. The van der Waals surface area contributed by atoms with Crippen molar-refractivity contribution in [3.05, 3.63) is 51.8 Å². The molecular weight excluding hydrogens is 388 g/mol. The van der Waals surface area contributed by atoms with Crippen molar-refractivity contribution in [2.45, 2.75) is 19.8 Å². The van der Waals surface area contributed by atoms with Crippen molar-refractivity contribution in [2.75, 3.05) is 11.4 Å². The first-order valence-electron chi connectivity index (χ1n) is 7.87. The molecule has 8 heteroatoms. The highest BCUT2D eigenvalue weighted by Gasteiger charge is 2.24. The number of hydrazine groups is 1. The van der Waals surface area contributed by atoms with Crippen LogP contribution in [-0.4, -0.2) is 29.3 Å². The van der Waals surface area contributed by atoms with Crippen molar-refractivity contribution in [3.63, 3.8) is 0 Å². The number of hydrogen-bond acceptors (Lipinski definition) is 3. The number of hydrogen-bond donors (Lipinski definition) is 3. The Morgan fingerprint density at radius 2 is 1.96 bits per heavy atom. The van der Waals surface area contributed by atoms with Gasteiger partial charge in [0.15, 0.2) is 0 Å². The fraction of sp³-hybridized carbons (Fsp3) is 0.235. The van der Waals surface area contributed by atoms with Crippen LogP contribution < -0.4 is 15.8 Å². The summed E-state index contributed by atoms with van der Waals surface area (Å²) in [5.41, 5.74) is 7.31. The van der Waals surface area contributed by atoms with Crippen molar-refractivity contribution in [1.82, 2.24) is 15.8 Å². The normalized spacial score (nSPS) is 12.6. The number of halogens is 1. The Kier molecular flexibility index (Phi) is 4.89. The van der Waals surface area contributed by atoms with Gasteiger partial charge in [-0.15, -0.1) is 0 Å². The largest absolute Gasteiger partial charge is 0.356 e. The fourth-order valence-corrected chi connectivity index (χ4v) is 3.09. The number of nitrogens with one attached hydrogen (secondary N) is 3. The van der Waals surface area contributed by atoms with Gasteiger partial charge in [0.05, 0.1) is 0 Å². The average Bonchev–Trinajstić information content (AvgIpc) is 3.24. The second-order valence-electron chi connectivity index (χ2n) is 5.63. The van der Waals surface area contributed by atoms with Crippen molar-refractivity contribution in [3.8, 4) is 0 Å². The van der Waals surface area contributed by atoms with Crippen LogP contribution in [0.3, 0.4) is 0 Å². The van der Waals surface area contributed by atoms with E-state index in [1.54, 1.807) is 35.4 Å². The molecule has 0 spiro atoms. The van der Waals surface area contributed by atoms with E-state index in [4.69, 9.17) is 0 Å². The molecule has 0 aliphatic carbocycles. The van der Waals surface area contributed by atoms with Gasteiger partial charge in [0.1, 0.15) is 5.69 Å². The zero-order chi connectivity index (χ0) is 18.0. The maximum Gasteiger partial charge on any atom is 0.286 e. The van der Waals surface area contributed by atoms with Crippen molar-refractivity contribution in [2.24, 2.45) is 0 Å². The van der Waals surface area contributed by atoms with Crippen LogP contribution in [0.2, 0.25) is 0 Å². The van der Waals surface area contributed by atoms with E-state index >= 15 is 0 Å². The lowest BCUT2D eigenvalue weighted by Gasteiger charge is -2.16. The molecule has 2 heterocycles. The van der Waals surface area contributed by atoms with Gasteiger partial charge in [-0.3, -0.25) is 25.2 Å². The molecule has 130 valence electrons. The molecule has 0 fully saturated rings. The summed E-state index contributed by atoms with van der Waals surface area (Å²) >= 11 is 3.24. The van der Waals surface area contributed by atoms with E-state index in [1.807, 2.05) is 6.92 Å². The standard InChI is InChI=1S/C17H17BrN4O3/c1-2-15(23)22-6-5-10-7-11(3-4-14(10)22)16(24)20-21-17(25)13-8-12(18)9-19-13/h3-4,7-9,19H,2,5-6H2,1H3,(H,20,24)(H,21,25). The Labute approximate surface area is 152 Å². The fourth-order valence-electron chi connectivity index (χ4n) is 2.74. The number of H-pyrrole nitrogens is 1. The van der Waals surface area contributed by atoms with E-state index in [-0.39, 0.29) is 5.91 Å². The van der Waals surface area contributed by atoms with Gasteiger partial charge in [0, 0.05) is 34.9 Å². The number of nitrogens with zero attached hydrogens (tertiary/aromatic N) is 1. The van der Waals surface area contributed by atoms with Crippen LogP contribution in [0.15, 0.2) is 34.9 Å². The smallest absolute Gasteiger partial charge is 0.286 e. The summed E-state index contributed by atoms with van der Waals surface area (Å²) in [6.45, 7) is 2.46. The minimum absolute atomic E-state index is 0.0697. The Bertz CT molecular complexity index is 846. The van der Waals surface area contributed by atoms with Gasteiger partial charge >= 0.3 is 0 Å². The number of benzene rings is 1. The number of rotatable bonds is 3. The van der Waals surface area contributed by atoms with Crippen molar-refractivity contribution < 1.29 is 14.4 Å². The highest BCUT2D eigenvalue weighted by atomic mass is 79.9. The Hall–Kier alpha value is -2.61. The van der Waals surface area contributed by atoms with E-state index in [0.29, 0.717) is 30.6 Å². The van der Waals surface area contributed by atoms with Gasteiger partial charge in [-0.25, -0.2) is 0 Å². The molecule has 3 rings (SSSR count). The lowest BCUT2D eigenvalue weighted by molar-refractivity contribution is -0.118. The van der Waals surface area contributed by atoms with Gasteiger partial charge in [-0.2, -0.15) is 0 Å². The quantitative estimate of drug-likeness (QED) is 0.684. The van der Waals surface area contributed by atoms with E-state index in [0.717, 1.165) is 15.7 Å². The van der Waals surface area contributed by atoms with Gasteiger partial charge in [-0.1, -0.05) is 6.92 Å². The van der Waals surface area contributed by atoms with Crippen LogP contribution in [-0.2, 0) is 11.2 Å². The maximum atomic E-state index is 12.2. The third kappa shape index (κ3) is 3.58. The molecule has 0 saturated heterocycles. The summed E-state index contributed by atoms with van der Waals surface area (Å²) in [5.74, 6) is -0.790. The van der Waals surface area contributed by atoms with E-state index < -0.39 is 11.8 Å². The summed E-state index contributed by atoms with van der Waals surface area (Å²) in [6.07, 6.45) is 2.79. The molecule has 25 heavy (non-hydrogen) atoms. The molecule has 0 bridgehead atoms. The Balaban J connectivity index is 1.65. The number of carbonyl (C=O) groups is 3. The molecule has 0 atom stereocenters. The number of anilines is 1. The molecular formula is C17H17BrN4O3. The summed E-state index contributed by atoms with van der Waals surface area (Å²) < 4.78 is 0.744. The second-order valence-corrected chi connectivity index (χ2v) is 6.55. The second kappa shape index (κ2) is 7.10. The summed E-state index contributed by atoms with van der Waals surface area (Å²) in [6, 6.07) is 6.78. The van der Waals surface area contributed by atoms with Crippen molar-refractivity contribution >= 4 is 39.3 Å². The molecule has 3 N–H and O–H groups in total. The van der Waals surface area contributed by atoms with Gasteiger partial charge in [0.25, 0.3) is 11.8 Å². The zero-order valence-electron chi connectivity index (χ0n) is 13.6. The molecule has 1 aliphatic heterocycles. The monoisotopic (exact) mass is 404 g/mol. The number of aromatic nitrogens is 1.